The van der Waals surface area contributed by atoms with E-state index in [9.17, 15) is 8.42 Å². The molecule has 124 valence electrons. The molecule has 0 aliphatic carbocycles. The number of nitrogen functional groups attached to an aromatic ring is 2. The third-order valence-electron chi connectivity index (χ3n) is 2.54. The number of rotatable bonds is 9. The van der Waals surface area contributed by atoms with Crippen LogP contribution < -0.4 is 25.8 Å². The third-order valence-corrected chi connectivity index (χ3v) is 2.88. The average molecular weight is 333 g/mol. The van der Waals surface area contributed by atoms with E-state index in [1.165, 1.54) is 12.8 Å². The van der Waals surface area contributed by atoms with Gasteiger partial charge in [0.1, 0.15) is 0 Å². The molecule has 10 nitrogen and oxygen atoms in total. The summed E-state index contributed by atoms with van der Waals surface area (Å²) in [5, 5.41) is 2.86. The maximum Gasteiger partial charge on any atom is 0.472 e. The Morgan fingerprint density at radius 1 is 1.27 bits per heavy atom. The number of unbranched alkanes of at least 4 members (excludes halogenated alkanes) is 3. The molecule has 1 aromatic rings. The molecule has 0 radical (unpaired) electrons. The predicted octanol–water partition coefficient (Wildman–Crippen LogP) is -0.292. The second-order valence-electron chi connectivity index (χ2n) is 4.41. The van der Waals surface area contributed by atoms with Gasteiger partial charge in [-0.3, -0.25) is 4.55 Å². The fourth-order valence-corrected chi connectivity index (χ4v) is 1.90. The van der Waals surface area contributed by atoms with Gasteiger partial charge in [-0.15, -0.1) is 0 Å². The highest BCUT2D eigenvalue weighted by molar-refractivity contribution is 7.80. The number of aromatic nitrogens is 3. The first-order valence-corrected chi connectivity index (χ1v) is 8.11. The highest BCUT2D eigenvalue weighted by Gasteiger charge is 2.21. The molecule has 0 bridgehead atoms. The van der Waals surface area contributed by atoms with E-state index in [2.05, 4.69) is 26.5 Å². The minimum absolute atomic E-state index is 0.114. The van der Waals surface area contributed by atoms with E-state index in [0.29, 0.717) is 11.3 Å². The van der Waals surface area contributed by atoms with Crippen LogP contribution in [-0.2, 0) is 10.4 Å². The number of allylic oxidation sites excluding steroid dienone is 1. The lowest BCUT2D eigenvalue weighted by Gasteiger charge is -2.05. The van der Waals surface area contributed by atoms with Crippen LogP contribution in [0.25, 0.3) is 0 Å². The van der Waals surface area contributed by atoms with Gasteiger partial charge in [0.05, 0.1) is 0 Å². The Labute approximate surface area is 129 Å². The van der Waals surface area contributed by atoms with Gasteiger partial charge in [-0.2, -0.15) is 8.42 Å². The molecule has 0 spiro atoms. The Kier molecular flexibility index (Phi) is 6.79. The molecule has 6 N–H and O–H groups in total. The zero-order chi connectivity index (χ0) is 16.6. The lowest BCUT2D eigenvalue weighted by molar-refractivity contribution is -0.836. The molecule has 0 unspecified atom stereocenters. The summed E-state index contributed by atoms with van der Waals surface area (Å²) < 4.78 is 34.4. The van der Waals surface area contributed by atoms with E-state index in [0.717, 1.165) is 12.8 Å². The van der Waals surface area contributed by atoms with Crippen LogP contribution >= 0.6 is 0 Å². The van der Waals surface area contributed by atoms with Crippen LogP contribution in [0.15, 0.2) is 12.2 Å². The number of nitrogens with one attached hydrogen (secondary N) is 1. The van der Waals surface area contributed by atoms with E-state index in [-0.39, 0.29) is 17.8 Å². The minimum atomic E-state index is -4.78. The maximum atomic E-state index is 10.6. The molecule has 0 atom stereocenters. The van der Waals surface area contributed by atoms with E-state index < -0.39 is 10.4 Å². The molecule has 22 heavy (non-hydrogen) atoms. The maximum absolute atomic E-state index is 10.6. The van der Waals surface area contributed by atoms with Crippen molar-refractivity contribution in [3.63, 3.8) is 0 Å². The summed E-state index contributed by atoms with van der Waals surface area (Å²) in [4.78, 5) is 7.54. The zero-order valence-electron chi connectivity index (χ0n) is 12.3. The number of hydrogen-bond acceptors (Lipinski definition) is 8. The fraction of sp³-hybridized carbons (Fsp3) is 0.545. The van der Waals surface area contributed by atoms with Gasteiger partial charge in [-0.25, -0.2) is 4.28 Å². The number of nitrogens with two attached hydrogens (primary N) is 2. The molecule has 0 saturated carbocycles. The number of hydrogen-bond donors (Lipinski definition) is 4. The highest BCUT2D eigenvalue weighted by Crippen LogP contribution is 2.02. The second-order valence-corrected chi connectivity index (χ2v) is 5.41. The van der Waals surface area contributed by atoms with Crippen molar-refractivity contribution in [2.24, 2.45) is 0 Å². The van der Waals surface area contributed by atoms with Gasteiger partial charge in [0.25, 0.3) is 0 Å². The van der Waals surface area contributed by atoms with Crippen LogP contribution in [0.2, 0.25) is 0 Å². The van der Waals surface area contributed by atoms with Crippen molar-refractivity contribution in [2.45, 2.75) is 32.6 Å². The van der Waals surface area contributed by atoms with Gasteiger partial charge in [0.15, 0.2) is 0 Å². The molecule has 0 saturated heterocycles. The molecular weight excluding hydrogens is 312 g/mol. The van der Waals surface area contributed by atoms with Crippen molar-refractivity contribution in [3.8, 4) is 0 Å². The van der Waals surface area contributed by atoms with E-state index in [1.807, 2.05) is 12.2 Å². The van der Waals surface area contributed by atoms with Gasteiger partial charge >= 0.3 is 28.2 Å². The summed E-state index contributed by atoms with van der Waals surface area (Å²) in [7, 11) is -4.78. The highest BCUT2D eigenvalue weighted by atomic mass is 32.3. The molecule has 11 heteroatoms. The van der Waals surface area contributed by atoms with Crippen molar-refractivity contribution in [3.05, 3.63) is 12.2 Å². The molecule has 0 fully saturated rings. The fourth-order valence-electron chi connectivity index (χ4n) is 1.56. The molecule has 0 aliphatic heterocycles. The van der Waals surface area contributed by atoms with Crippen LogP contribution in [0.4, 0.5) is 17.8 Å². The quantitative estimate of drug-likeness (QED) is 0.206. The van der Waals surface area contributed by atoms with Crippen molar-refractivity contribution < 1.29 is 22.0 Å². The van der Waals surface area contributed by atoms with Crippen molar-refractivity contribution >= 4 is 28.2 Å². The summed E-state index contributed by atoms with van der Waals surface area (Å²) in [5.41, 5.74) is 11.0. The van der Waals surface area contributed by atoms with Gasteiger partial charge < -0.3 is 16.8 Å². The molecule has 1 heterocycles. The van der Waals surface area contributed by atoms with Crippen LogP contribution in [0.5, 0.6) is 0 Å². The van der Waals surface area contributed by atoms with E-state index in [4.69, 9.17) is 16.0 Å². The third kappa shape index (κ3) is 6.54. The van der Waals surface area contributed by atoms with Crippen LogP contribution in [0.1, 0.15) is 32.6 Å². The normalized spacial score (nSPS) is 11.7. The van der Waals surface area contributed by atoms with E-state index in [1.54, 1.807) is 0 Å². The van der Waals surface area contributed by atoms with Crippen molar-refractivity contribution in [2.75, 3.05) is 23.3 Å². The standard InChI is InChI=1S/C11H20N6O4S/c1-2-3-4-5-6-7-8-14-11-15-9(12)17(10(13)16-11)21-22(18,19)20/h6-7H,2-5,8H2,1H3,(H5,12,13,14,15,16,18,19,20)/p+1/b7-6+. The Bertz CT molecular complexity index is 596. The van der Waals surface area contributed by atoms with Crippen LogP contribution in [0, 0.1) is 0 Å². The first kappa shape index (κ1) is 17.9. The number of anilines is 3. The summed E-state index contributed by atoms with van der Waals surface area (Å²) in [6, 6.07) is 0. The summed E-state index contributed by atoms with van der Waals surface area (Å²) in [6.07, 6.45) is 8.47. The summed E-state index contributed by atoms with van der Waals surface area (Å²) in [6.45, 7) is 2.61. The Balaban J connectivity index is 2.59. The monoisotopic (exact) mass is 333 g/mol. The smallest absolute Gasteiger partial charge is 0.334 e. The Morgan fingerprint density at radius 3 is 2.45 bits per heavy atom. The Hall–Kier alpha value is -2.14. The first-order chi connectivity index (χ1) is 10.3. The topological polar surface area (TPSA) is 157 Å². The number of nitrogens with zero attached hydrogens (tertiary/aromatic N) is 3. The second kappa shape index (κ2) is 8.34. The first-order valence-electron chi connectivity index (χ1n) is 6.74. The summed E-state index contributed by atoms with van der Waals surface area (Å²) >= 11 is 0. The zero-order valence-corrected chi connectivity index (χ0v) is 13.1. The molecule has 1 aromatic heterocycles. The lowest BCUT2D eigenvalue weighted by atomic mass is 10.2. The molecule has 0 amide bonds. The van der Waals surface area contributed by atoms with E-state index >= 15 is 0 Å². The van der Waals surface area contributed by atoms with Crippen LogP contribution in [-0.4, -0.2) is 29.5 Å². The van der Waals surface area contributed by atoms with Crippen molar-refractivity contribution in [1.82, 2.24) is 9.97 Å². The van der Waals surface area contributed by atoms with Gasteiger partial charge in [0, 0.05) is 6.54 Å². The average Bonchev–Trinajstić information content (AvgIpc) is 2.41. The van der Waals surface area contributed by atoms with Gasteiger partial charge in [-0.05, 0) is 17.6 Å². The Morgan fingerprint density at radius 2 is 1.91 bits per heavy atom. The minimum Gasteiger partial charge on any atom is -0.334 e. The largest absolute Gasteiger partial charge is 0.472 e. The molecule has 0 aromatic carbocycles. The summed E-state index contributed by atoms with van der Waals surface area (Å²) in [5.74, 6) is -0.637. The van der Waals surface area contributed by atoms with Crippen LogP contribution in [0.3, 0.4) is 0 Å². The van der Waals surface area contributed by atoms with Gasteiger partial charge in [-0.1, -0.05) is 41.9 Å². The SMILES string of the molecule is CCCCC/C=C/CNc1nc(N)[n+](OS(=O)(=O)O)c(N)n1. The molecule has 0 aliphatic rings. The lowest BCUT2D eigenvalue weighted by Crippen LogP contribution is -2.51. The molecular formula is C11H21N6O4S+. The van der Waals surface area contributed by atoms with Gasteiger partial charge in [0.2, 0.25) is 0 Å². The predicted molar refractivity (Wildman–Crippen MR) is 81.0 cm³/mol. The molecule has 1 rings (SSSR count). The van der Waals surface area contributed by atoms with Crippen molar-refractivity contribution in [1.29, 1.82) is 0 Å².